The lowest BCUT2D eigenvalue weighted by Gasteiger charge is -2.35. The molecular formula is C22H31N7O2. The van der Waals surface area contributed by atoms with Gasteiger partial charge in [-0.15, -0.1) is 0 Å². The number of nitrogens with one attached hydrogen (secondary N) is 1. The van der Waals surface area contributed by atoms with Gasteiger partial charge in [0.25, 0.3) is 0 Å². The molecule has 0 radical (unpaired) electrons. The van der Waals surface area contributed by atoms with E-state index in [1.54, 1.807) is 29.9 Å². The number of hydrogen-bond donors (Lipinski definition) is 1. The standard InChI is InChI=1S/C22H31N7O2/c1-23-22(28-9-10-29(21(30)16-28)19-13-25-26(2)15-19)24-12-17-7-8-27(14-17)18-5-4-6-20(11-18)31-3/h4-6,11,13,15,17H,7-10,12,14,16H2,1-3H3,(H,23,24). The maximum Gasteiger partial charge on any atom is 0.246 e. The van der Waals surface area contributed by atoms with Gasteiger partial charge in [0.2, 0.25) is 5.91 Å². The van der Waals surface area contributed by atoms with Crippen molar-refractivity contribution in [2.24, 2.45) is 18.0 Å². The number of aliphatic imine (C=N–C) groups is 1. The van der Waals surface area contributed by atoms with Crippen LogP contribution in [-0.2, 0) is 11.8 Å². The van der Waals surface area contributed by atoms with Gasteiger partial charge in [-0.05, 0) is 24.5 Å². The van der Waals surface area contributed by atoms with Gasteiger partial charge in [0, 0.05) is 64.8 Å². The molecule has 9 heteroatoms. The van der Waals surface area contributed by atoms with E-state index in [-0.39, 0.29) is 5.91 Å². The maximum absolute atomic E-state index is 12.7. The molecule has 1 N–H and O–H groups in total. The van der Waals surface area contributed by atoms with Crippen LogP contribution >= 0.6 is 0 Å². The summed E-state index contributed by atoms with van der Waals surface area (Å²) < 4.78 is 7.07. The van der Waals surface area contributed by atoms with E-state index in [1.807, 2.05) is 30.3 Å². The van der Waals surface area contributed by atoms with E-state index in [0.29, 0.717) is 19.0 Å². The second-order valence-electron chi connectivity index (χ2n) is 8.07. The van der Waals surface area contributed by atoms with E-state index in [4.69, 9.17) is 4.74 Å². The third-order valence-corrected chi connectivity index (χ3v) is 5.99. The van der Waals surface area contributed by atoms with Gasteiger partial charge >= 0.3 is 0 Å². The first-order chi connectivity index (χ1) is 15.1. The van der Waals surface area contributed by atoms with Crippen LogP contribution in [0.4, 0.5) is 11.4 Å². The Morgan fingerprint density at radius 2 is 2.16 bits per heavy atom. The third kappa shape index (κ3) is 4.76. The van der Waals surface area contributed by atoms with Crippen molar-refractivity contribution in [1.82, 2.24) is 20.0 Å². The lowest BCUT2D eigenvalue weighted by Crippen LogP contribution is -2.55. The molecule has 2 aromatic rings. The van der Waals surface area contributed by atoms with Gasteiger partial charge < -0.3 is 24.8 Å². The lowest BCUT2D eigenvalue weighted by molar-refractivity contribution is -0.120. The van der Waals surface area contributed by atoms with Crippen LogP contribution in [0, 0.1) is 5.92 Å². The predicted octanol–water partition coefficient (Wildman–Crippen LogP) is 1.18. The Balaban J connectivity index is 1.29. The van der Waals surface area contributed by atoms with Gasteiger partial charge in [0.15, 0.2) is 5.96 Å². The summed E-state index contributed by atoms with van der Waals surface area (Å²) >= 11 is 0. The number of piperazine rings is 1. The van der Waals surface area contributed by atoms with E-state index >= 15 is 0 Å². The number of amides is 1. The Labute approximate surface area is 183 Å². The molecule has 2 aliphatic heterocycles. The molecule has 4 rings (SSSR count). The summed E-state index contributed by atoms with van der Waals surface area (Å²) in [4.78, 5) is 23.3. The molecule has 2 saturated heterocycles. The number of nitrogens with zero attached hydrogens (tertiary/aromatic N) is 6. The Morgan fingerprint density at radius 1 is 1.29 bits per heavy atom. The smallest absolute Gasteiger partial charge is 0.246 e. The highest BCUT2D eigenvalue weighted by Gasteiger charge is 2.29. The molecule has 31 heavy (non-hydrogen) atoms. The number of guanidine groups is 1. The van der Waals surface area contributed by atoms with E-state index in [0.717, 1.165) is 50.0 Å². The van der Waals surface area contributed by atoms with Crippen molar-refractivity contribution in [3.05, 3.63) is 36.7 Å². The van der Waals surface area contributed by atoms with Crippen molar-refractivity contribution in [1.29, 1.82) is 0 Å². The number of rotatable bonds is 5. The van der Waals surface area contributed by atoms with E-state index < -0.39 is 0 Å². The van der Waals surface area contributed by atoms with E-state index in [2.05, 4.69) is 32.4 Å². The number of hydrogen-bond acceptors (Lipinski definition) is 5. The molecule has 1 aromatic heterocycles. The van der Waals surface area contributed by atoms with Crippen LogP contribution in [-0.4, -0.2) is 80.0 Å². The Kier molecular flexibility index (Phi) is 6.29. The molecule has 2 aliphatic rings. The summed E-state index contributed by atoms with van der Waals surface area (Å²) in [5.41, 5.74) is 2.04. The SMILES string of the molecule is CN=C(NCC1CCN(c2cccc(OC)c2)C1)N1CCN(c2cnn(C)c2)C(=O)C1. The van der Waals surface area contributed by atoms with Gasteiger partial charge in [-0.25, -0.2) is 0 Å². The minimum Gasteiger partial charge on any atom is -0.497 e. The van der Waals surface area contributed by atoms with Gasteiger partial charge in [-0.3, -0.25) is 14.5 Å². The molecule has 1 aromatic carbocycles. The topological polar surface area (TPSA) is 78.2 Å². The maximum atomic E-state index is 12.7. The van der Waals surface area contributed by atoms with Crippen LogP contribution in [0.25, 0.3) is 0 Å². The fourth-order valence-electron chi connectivity index (χ4n) is 4.28. The highest BCUT2D eigenvalue weighted by Crippen LogP contribution is 2.26. The zero-order chi connectivity index (χ0) is 21.8. The third-order valence-electron chi connectivity index (χ3n) is 5.99. The predicted molar refractivity (Wildman–Crippen MR) is 122 cm³/mol. The molecule has 0 saturated carbocycles. The van der Waals surface area contributed by atoms with Gasteiger partial charge in [0.1, 0.15) is 12.3 Å². The second-order valence-corrected chi connectivity index (χ2v) is 8.07. The zero-order valence-corrected chi connectivity index (χ0v) is 18.5. The number of carbonyl (C=O) groups excluding carboxylic acids is 1. The molecule has 0 bridgehead atoms. The number of aryl methyl sites for hydroxylation is 1. The fourth-order valence-corrected chi connectivity index (χ4v) is 4.28. The van der Waals surface area contributed by atoms with Crippen molar-refractivity contribution in [3.63, 3.8) is 0 Å². The van der Waals surface area contributed by atoms with Gasteiger partial charge in [0.05, 0.1) is 19.0 Å². The molecule has 166 valence electrons. The van der Waals surface area contributed by atoms with Gasteiger partial charge in [-0.2, -0.15) is 5.10 Å². The second kappa shape index (κ2) is 9.28. The Hall–Kier alpha value is -3.23. The largest absolute Gasteiger partial charge is 0.497 e. The molecule has 2 fully saturated rings. The van der Waals surface area contributed by atoms with Crippen molar-refractivity contribution >= 4 is 23.2 Å². The highest BCUT2D eigenvalue weighted by molar-refractivity contribution is 5.98. The quantitative estimate of drug-likeness (QED) is 0.573. The number of ether oxygens (including phenoxy) is 1. The average Bonchev–Trinajstić information content (AvgIpc) is 3.43. The van der Waals surface area contributed by atoms with Crippen molar-refractivity contribution in [2.75, 3.05) is 63.2 Å². The first kappa shape index (κ1) is 21.0. The van der Waals surface area contributed by atoms with Crippen LogP contribution in [0.15, 0.2) is 41.7 Å². The molecule has 3 heterocycles. The van der Waals surface area contributed by atoms with Crippen LogP contribution in [0.1, 0.15) is 6.42 Å². The summed E-state index contributed by atoms with van der Waals surface area (Å²) in [5.74, 6) is 2.26. The highest BCUT2D eigenvalue weighted by atomic mass is 16.5. The molecule has 1 atom stereocenters. The van der Waals surface area contributed by atoms with Crippen LogP contribution in [0.5, 0.6) is 5.75 Å². The molecule has 1 amide bonds. The number of carbonyl (C=O) groups is 1. The normalized spacial score (nSPS) is 19.8. The number of benzene rings is 1. The van der Waals surface area contributed by atoms with Crippen LogP contribution < -0.4 is 19.9 Å². The number of anilines is 2. The van der Waals surface area contributed by atoms with Gasteiger partial charge in [-0.1, -0.05) is 6.07 Å². The Bertz CT molecular complexity index is 941. The number of methoxy groups -OCH3 is 1. The number of aromatic nitrogens is 2. The van der Waals surface area contributed by atoms with Crippen molar-refractivity contribution in [3.8, 4) is 5.75 Å². The minimum absolute atomic E-state index is 0.0623. The molecule has 0 aliphatic carbocycles. The fraction of sp³-hybridized carbons (Fsp3) is 0.500. The summed E-state index contributed by atoms with van der Waals surface area (Å²) in [5, 5.41) is 7.66. The van der Waals surface area contributed by atoms with Crippen LogP contribution in [0.3, 0.4) is 0 Å². The summed E-state index contributed by atoms with van der Waals surface area (Å²) in [6, 6.07) is 8.22. The summed E-state index contributed by atoms with van der Waals surface area (Å²) in [6.07, 6.45) is 4.72. The minimum atomic E-state index is 0.0623. The van der Waals surface area contributed by atoms with Crippen molar-refractivity contribution < 1.29 is 9.53 Å². The summed E-state index contributed by atoms with van der Waals surface area (Å²) in [7, 11) is 5.33. The monoisotopic (exact) mass is 425 g/mol. The zero-order valence-electron chi connectivity index (χ0n) is 18.5. The molecule has 1 unspecified atom stereocenters. The first-order valence-corrected chi connectivity index (χ1v) is 10.7. The molecular weight excluding hydrogens is 394 g/mol. The van der Waals surface area contributed by atoms with Crippen LogP contribution in [0.2, 0.25) is 0 Å². The van der Waals surface area contributed by atoms with E-state index in [9.17, 15) is 4.79 Å². The van der Waals surface area contributed by atoms with E-state index in [1.165, 1.54) is 5.69 Å². The molecule has 0 spiro atoms. The van der Waals surface area contributed by atoms with Crippen molar-refractivity contribution in [2.45, 2.75) is 6.42 Å². The first-order valence-electron chi connectivity index (χ1n) is 10.7. The summed E-state index contributed by atoms with van der Waals surface area (Å²) in [6.45, 7) is 4.53. The Morgan fingerprint density at radius 3 is 2.87 bits per heavy atom. The average molecular weight is 426 g/mol. The molecule has 9 nitrogen and oxygen atoms in total. The lowest BCUT2D eigenvalue weighted by atomic mass is 10.1.